The zero-order valence-electron chi connectivity index (χ0n) is 11.6. The van der Waals surface area contributed by atoms with Crippen molar-refractivity contribution < 1.29 is 0 Å². The van der Waals surface area contributed by atoms with Crippen molar-refractivity contribution in [3.8, 4) is 11.6 Å². The smallest absolute Gasteiger partial charge is 0.174 e. The molecule has 0 atom stereocenters. The average molecular weight is 264 g/mol. The van der Waals surface area contributed by atoms with Crippen LogP contribution >= 0.6 is 0 Å². The second-order valence-electron chi connectivity index (χ2n) is 6.05. The third-order valence-corrected chi connectivity index (χ3v) is 3.75. The summed E-state index contributed by atoms with van der Waals surface area (Å²) in [5, 5.41) is 0. The molecule has 0 saturated heterocycles. The first-order chi connectivity index (χ1) is 9.61. The SMILES string of the molecule is CC1(C)C=Cc2nc(-c3nc4ccccc4[nH]3)[nH]c2C1. The number of hydrogen-bond donors (Lipinski definition) is 2. The van der Waals surface area contributed by atoms with Crippen LogP contribution < -0.4 is 0 Å². The van der Waals surface area contributed by atoms with Crippen LogP contribution in [0.5, 0.6) is 0 Å². The minimum Gasteiger partial charge on any atom is -0.339 e. The second kappa shape index (κ2) is 3.82. The summed E-state index contributed by atoms with van der Waals surface area (Å²) < 4.78 is 0. The van der Waals surface area contributed by atoms with E-state index in [1.807, 2.05) is 24.3 Å². The molecule has 0 aliphatic heterocycles. The highest BCUT2D eigenvalue weighted by Gasteiger charge is 2.24. The Morgan fingerprint density at radius 3 is 2.70 bits per heavy atom. The summed E-state index contributed by atoms with van der Waals surface area (Å²) in [5.74, 6) is 1.61. The summed E-state index contributed by atoms with van der Waals surface area (Å²) >= 11 is 0. The molecule has 1 aromatic carbocycles. The van der Waals surface area contributed by atoms with Gasteiger partial charge in [0.05, 0.1) is 16.7 Å². The van der Waals surface area contributed by atoms with Crippen molar-refractivity contribution in [2.75, 3.05) is 0 Å². The van der Waals surface area contributed by atoms with Gasteiger partial charge in [0.1, 0.15) is 0 Å². The van der Waals surface area contributed by atoms with Gasteiger partial charge in [0.25, 0.3) is 0 Å². The lowest BCUT2D eigenvalue weighted by Gasteiger charge is -2.22. The lowest BCUT2D eigenvalue weighted by atomic mass is 9.83. The van der Waals surface area contributed by atoms with Crippen LogP contribution in [0.25, 0.3) is 28.8 Å². The molecule has 4 heteroatoms. The number of allylic oxidation sites excluding steroid dienone is 1. The zero-order valence-corrected chi connectivity index (χ0v) is 11.6. The van der Waals surface area contributed by atoms with Gasteiger partial charge < -0.3 is 9.97 Å². The molecular formula is C16H16N4. The number of nitrogens with one attached hydrogen (secondary N) is 2. The van der Waals surface area contributed by atoms with Crippen molar-refractivity contribution in [3.05, 3.63) is 41.7 Å². The Morgan fingerprint density at radius 1 is 1.05 bits per heavy atom. The number of rotatable bonds is 1. The maximum absolute atomic E-state index is 4.65. The van der Waals surface area contributed by atoms with E-state index < -0.39 is 0 Å². The van der Waals surface area contributed by atoms with Gasteiger partial charge in [0.15, 0.2) is 11.6 Å². The van der Waals surface area contributed by atoms with Crippen molar-refractivity contribution in [1.29, 1.82) is 0 Å². The van der Waals surface area contributed by atoms with Crippen molar-refractivity contribution in [1.82, 2.24) is 19.9 Å². The van der Waals surface area contributed by atoms with Crippen LogP contribution in [0.4, 0.5) is 0 Å². The van der Waals surface area contributed by atoms with Gasteiger partial charge in [-0.1, -0.05) is 32.1 Å². The molecule has 0 unspecified atom stereocenters. The highest BCUT2D eigenvalue weighted by molar-refractivity contribution is 5.78. The van der Waals surface area contributed by atoms with Gasteiger partial charge >= 0.3 is 0 Å². The highest BCUT2D eigenvalue weighted by Crippen LogP contribution is 2.31. The van der Waals surface area contributed by atoms with Crippen LogP contribution in [0.15, 0.2) is 30.3 Å². The lowest BCUT2D eigenvalue weighted by molar-refractivity contribution is 0.469. The molecule has 0 spiro atoms. The summed E-state index contributed by atoms with van der Waals surface area (Å²) in [5.41, 5.74) is 4.40. The van der Waals surface area contributed by atoms with Gasteiger partial charge in [0, 0.05) is 5.69 Å². The number of benzene rings is 1. The topological polar surface area (TPSA) is 57.4 Å². The molecule has 0 fully saturated rings. The highest BCUT2D eigenvalue weighted by atomic mass is 15.0. The van der Waals surface area contributed by atoms with Crippen molar-refractivity contribution in [2.24, 2.45) is 5.41 Å². The summed E-state index contributed by atoms with van der Waals surface area (Å²) in [6.45, 7) is 4.46. The van der Waals surface area contributed by atoms with Crippen LogP contribution in [-0.4, -0.2) is 19.9 Å². The average Bonchev–Trinajstić information content (AvgIpc) is 2.99. The molecule has 20 heavy (non-hydrogen) atoms. The first-order valence-electron chi connectivity index (χ1n) is 6.84. The molecule has 2 aromatic heterocycles. The monoisotopic (exact) mass is 264 g/mol. The molecule has 4 nitrogen and oxygen atoms in total. The number of fused-ring (bicyclic) bond motifs is 2. The molecule has 2 heterocycles. The standard InChI is InChI=1S/C16H16N4/c1-16(2)8-7-12-13(9-16)20-15(19-12)14-17-10-5-3-4-6-11(10)18-14/h3-8H,9H2,1-2H3,(H,17,18)(H,19,20). The molecule has 1 aliphatic rings. The quantitative estimate of drug-likeness (QED) is 0.706. The summed E-state index contributed by atoms with van der Waals surface area (Å²) in [6, 6.07) is 8.02. The zero-order chi connectivity index (χ0) is 13.7. The fourth-order valence-corrected chi connectivity index (χ4v) is 2.69. The molecule has 2 N–H and O–H groups in total. The van der Waals surface area contributed by atoms with Gasteiger partial charge in [-0.05, 0) is 30.0 Å². The van der Waals surface area contributed by atoms with E-state index in [1.165, 1.54) is 5.69 Å². The first kappa shape index (κ1) is 11.5. The molecule has 0 bridgehead atoms. The van der Waals surface area contributed by atoms with E-state index in [4.69, 9.17) is 0 Å². The molecule has 100 valence electrons. The predicted octanol–water partition coefficient (Wildman–Crippen LogP) is 3.55. The van der Waals surface area contributed by atoms with Gasteiger partial charge in [-0.3, -0.25) is 0 Å². The van der Waals surface area contributed by atoms with Gasteiger partial charge in [0.2, 0.25) is 0 Å². The van der Waals surface area contributed by atoms with Crippen molar-refractivity contribution in [3.63, 3.8) is 0 Å². The lowest BCUT2D eigenvalue weighted by Crippen LogP contribution is -2.15. The van der Waals surface area contributed by atoms with E-state index in [0.717, 1.165) is 34.8 Å². The predicted molar refractivity (Wildman–Crippen MR) is 80.2 cm³/mol. The van der Waals surface area contributed by atoms with Crippen LogP contribution in [0.3, 0.4) is 0 Å². The number of para-hydroxylation sites is 2. The molecule has 1 aliphatic carbocycles. The normalized spacial score (nSPS) is 16.5. The van der Waals surface area contributed by atoms with Crippen molar-refractivity contribution >= 4 is 17.1 Å². The van der Waals surface area contributed by atoms with E-state index in [0.29, 0.717) is 0 Å². The van der Waals surface area contributed by atoms with E-state index in [2.05, 4.69) is 45.9 Å². The maximum atomic E-state index is 4.65. The van der Waals surface area contributed by atoms with Crippen LogP contribution in [-0.2, 0) is 6.42 Å². The Morgan fingerprint density at radius 2 is 1.85 bits per heavy atom. The molecule has 3 aromatic rings. The van der Waals surface area contributed by atoms with Crippen molar-refractivity contribution in [2.45, 2.75) is 20.3 Å². The molecular weight excluding hydrogens is 248 g/mol. The number of H-pyrrole nitrogens is 2. The van der Waals surface area contributed by atoms with Crippen LogP contribution in [0.2, 0.25) is 0 Å². The maximum Gasteiger partial charge on any atom is 0.174 e. The van der Waals surface area contributed by atoms with Gasteiger partial charge in [-0.15, -0.1) is 0 Å². The number of imidazole rings is 2. The number of hydrogen-bond acceptors (Lipinski definition) is 2. The fourth-order valence-electron chi connectivity index (χ4n) is 2.69. The van der Waals surface area contributed by atoms with Crippen LogP contribution in [0.1, 0.15) is 25.2 Å². The number of nitrogens with zero attached hydrogens (tertiary/aromatic N) is 2. The molecule has 0 radical (unpaired) electrons. The Balaban J connectivity index is 1.80. The third-order valence-electron chi connectivity index (χ3n) is 3.75. The fraction of sp³-hybridized carbons (Fsp3) is 0.250. The summed E-state index contributed by atoms with van der Waals surface area (Å²) in [4.78, 5) is 16.0. The minimum absolute atomic E-state index is 0.185. The second-order valence-corrected chi connectivity index (χ2v) is 6.05. The molecule has 0 saturated carbocycles. The minimum atomic E-state index is 0.185. The largest absolute Gasteiger partial charge is 0.339 e. The Labute approximate surface area is 117 Å². The van der Waals surface area contributed by atoms with Gasteiger partial charge in [-0.2, -0.15) is 0 Å². The first-order valence-corrected chi connectivity index (χ1v) is 6.84. The number of aromatic amines is 2. The summed E-state index contributed by atoms with van der Waals surface area (Å²) in [7, 11) is 0. The molecule has 0 amide bonds. The Kier molecular flexibility index (Phi) is 2.19. The van der Waals surface area contributed by atoms with Crippen LogP contribution in [0, 0.1) is 5.41 Å². The Hall–Kier alpha value is -2.36. The van der Waals surface area contributed by atoms with E-state index in [-0.39, 0.29) is 5.41 Å². The van der Waals surface area contributed by atoms with E-state index >= 15 is 0 Å². The number of aromatic nitrogens is 4. The van der Waals surface area contributed by atoms with E-state index in [1.54, 1.807) is 0 Å². The van der Waals surface area contributed by atoms with Gasteiger partial charge in [-0.25, -0.2) is 9.97 Å². The Bertz CT molecular complexity index is 787. The summed E-state index contributed by atoms with van der Waals surface area (Å²) in [6.07, 6.45) is 5.30. The third kappa shape index (κ3) is 1.76. The molecule has 4 rings (SSSR count). The van der Waals surface area contributed by atoms with E-state index in [9.17, 15) is 0 Å².